The summed E-state index contributed by atoms with van der Waals surface area (Å²) in [5, 5.41) is 6.71. The van der Waals surface area contributed by atoms with Crippen LogP contribution in [-0.2, 0) is 0 Å². The lowest BCUT2D eigenvalue weighted by atomic mass is 9.97. The van der Waals surface area contributed by atoms with E-state index in [4.69, 9.17) is 16.1 Å². The highest BCUT2D eigenvalue weighted by Crippen LogP contribution is 2.28. The van der Waals surface area contributed by atoms with Crippen LogP contribution in [0.25, 0.3) is 11.5 Å². The Morgan fingerprint density at radius 3 is 2.79 bits per heavy atom. The maximum absolute atomic E-state index is 13.2. The van der Waals surface area contributed by atoms with Crippen molar-refractivity contribution in [1.29, 1.82) is 0 Å². The van der Waals surface area contributed by atoms with Gasteiger partial charge in [0.2, 0.25) is 11.7 Å². The van der Waals surface area contributed by atoms with Crippen molar-refractivity contribution in [1.82, 2.24) is 20.0 Å². The van der Waals surface area contributed by atoms with Gasteiger partial charge >= 0.3 is 6.03 Å². The molecule has 4 rings (SSSR count). The van der Waals surface area contributed by atoms with E-state index in [1.165, 1.54) is 18.2 Å². The Kier molecular flexibility index (Phi) is 5.21. The Labute approximate surface area is 165 Å². The van der Waals surface area contributed by atoms with Crippen LogP contribution in [0.15, 0.2) is 47.1 Å². The molecule has 0 unspecified atom stereocenters. The molecule has 0 saturated carbocycles. The maximum Gasteiger partial charge on any atom is 0.321 e. The van der Waals surface area contributed by atoms with E-state index in [1.807, 2.05) is 18.2 Å². The molecule has 1 N–H and O–H groups in total. The number of pyridine rings is 1. The Bertz CT molecular complexity index is 973. The fraction of sp³-hybridized carbons (Fsp3) is 0.263. The average Bonchev–Trinajstić information content (AvgIpc) is 3.22. The largest absolute Gasteiger partial charge is 0.339 e. The number of amides is 2. The molecule has 1 aromatic carbocycles. The lowest BCUT2D eigenvalue weighted by Crippen LogP contribution is -2.40. The number of nitrogens with one attached hydrogen (secondary N) is 1. The smallest absolute Gasteiger partial charge is 0.321 e. The van der Waals surface area contributed by atoms with Crippen LogP contribution in [0.5, 0.6) is 0 Å². The molecule has 2 aromatic heterocycles. The van der Waals surface area contributed by atoms with Crippen molar-refractivity contribution in [2.45, 2.75) is 18.8 Å². The summed E-state index contributed by atoms with van der Waals surface area (Å²) in [7, 11) is 0. The van der Waals surface area contributed by atoms with Crippen LogP contribution < -0.4 is 5.32 Å². The van der Waals surface area contributed by atoms with Crippen molar-refractivity contribution in [3.05, 3.63) is 59.3 Å². The van der Waals surface area contributed by atoms with E-state index in [0.717, 1.165) is 0 Å². The fourth-order valence-electron chi connectivity index (χ4n) is 3.11. The predicted molar refractivity (Wildman–Crippen MR) is 102 cm³/mol. The molecule has 1 aliphatic rings. The Balaban J connectivity index is 1.35. The molecule has 28 heavy (non-hydrogen) atoms. The van der Waals surface area contributed by atoms with Gasteiger partial charge in [-0.3, -0.25) is 4.98 Å². The molecule has 2 amide bonds. The fourth-order valence-corrected chi connectivity index (χ4v) is 3.29. The van der Waals surface area contributed by atoms with Crippen molar-refractivity contribution in [3.63, 3.8) is 0 Å². The number of urea groups is 1. The van der Waals surface area contributed by atoms with Crippen molar-refractivity contribution in [2.75, 3.05) is 18.4 Å². The van der Waals surface area contributed by atoms with Crippen LogP contribution in [0.3, 0.4) is 0 Å². The molecule has 0 aliphatic carbocycles. The van der Waals surface area contributed by atoms with Crippen LogP contribution in [0, 0.1) is 5.82 Å². The normalized spacial score (nSPS) is 14.9. The first kappa shape index (κ1) is 18.4. The summed E-state index contributed by atoms with van der Waals surface area (Å²) < 4.78 is 18.6. The molecule has 0 radical (unpaired) electrons. The van der Waals surface area contributed by atoms with E-state index in [0.29, 0.717) is 49.0 Å². The molecular weight excluding hydrogens is 385 g/mol. The zero-order valence-electron chi connectivity index (χ0n) is 14.8. The molecule has 9 heteroatoms. The Hall–Kier alpha value is -3.00. The SMILES string of the molecule is O=C(Nc1ccc(F)c(Cl)c1)N1CCC(c2nc(-c3ccccn3)no2)CC1. The number of carbonyl (C=O) groups excluding carboxylic acids is 1. The van der Waals surface area contributed by atoms with E-state index < -0.39 is 5.82 Å². The van der Waals surface area contributed by atoms with Gasteiger partial charge < -0.3 is 14.7 Å². The summed E-state index contributed by atoms with van der Waals surface area (Å²) >= 11 is 5.75. The molecule has 1 saturated heterocycles. The van der Waals surface area contributed by atoms with Gasteiger partial charge in [-0.05, 0) is 43.2 Å². The number of hydrogen-bond acceptors (Lipinski definition) is 5. The molecule has 0 atom stereocenters. The first-order valence-corrected chi connectivity index (χ1v) is 9.24. The van der Waals surface area contributed by atoms with Crippen LogP contribution in [0.2, 0.25) is 5.02 Å². The lowest BCUT2D eigenvalue weighted by Gasteiger charge is -2.30. The highest BCUT2D eigenvalue weighted by molar-refractivity contribution is 6.31. The molecule has 7 nitrogen and oxygen atoms in total. The summed E-state index contributed by atoms with van der Waals surface area (Å²) in [5.74, 6) is 0.592. The summed E-state index contributed by atoms with van der Waals surface area (Å²) in [6.45, 7) is 1.10. The second kappa shape index (κ2) is 7.93. The van der Waals surface area contributed by atoms with Crippen molar-refractivity contribution < 1.29 is 13.7 Å². The number of halogens is 2. The minimum atomic E-state index is -0.523. The molecule has 144 valence electrons. The minimum absolute atomic E-state index is 0.0309. The molecule has 0 bridgehead atoms. The third-order valence-corrected chi connectivity index (χ3v) is 4.93. The summed E-state index contributed by atoms with van der Waals surface area (Å²) in [6, 6.07) is 9.35. The van der Waals surface area contributed by atoms with E-state index in [-0.39, 0.29) is 17.0 Å². The van der Waals surface area contributed by atoms with Gasteiger partial charge in [-0.2, -0.15) is 4.98 Å². The van der Waals surface area contributed by atoms with Crippen molar-refractivity contribution >= 4 is 23.3 Å². The van der Waals surface area contributed by atoms with E-state index in [2.05, 4.69) is 20.4 Å². The number of hydrogen-bond donors (Lipinski definition) is 1. The first-order chi connectivity index (χ1) is 13.6. The zero-order valence-corrected chi connectivity index (χ0v) is 15.6. The minimum Gasteiger partial charge on any atom is -0.339 e. The van der Waals surface area contributed by atoms with Crippen molar-refractivity contribution in [2.24, 2.45) is 0 Å². The predicted octanol–water partition coefficient (Wildman–Crippen LogP) is 4.34. The van der Waals surface area contributed by atoms with Gasteiger partial charge in [0.05, 0.1) is 5.02 Å². The molecule has 3 heterocycles. The average molecular weight is 402 g/mol. The topological polar surface area (TPSA) is 84.2 Å². The quantitative estimate of drug-likeness (QED) is 0.705. The number of piperidine rings is 1. The standard InChI is InChI=1S/C19H17ClFN5O2/c20-14-11-13(4-5-15(14)21)23-19(27)26-9-6-12(7-10-26)18-24-17(25-28-18)16-3-1-2-8-22-16/h1-5,8,11-12H,6-7,9-10H2,(H,23,27). The van der Waals surface area contributed by atoms with Gasteiger partial charge in [0.15, 0.2) is 0 Å². The molecule has 1 fully saturated rings. The van der Waals surface area contributed by atoms with Crippen LogP contribution in [0.1, 0.15) is 24.7 Å². The van der Waals surface area contributed by atoms with Crippen LogP contribution in [-0.4, -0.2) is 39.1 Å². The summed E-state index contributed by atoms with van der Waals surface area (Å²) in [5.41, 5.74) is 1.11. The third kappa shape index (κ3) is 3.96. The number of anilines is 1. The van der Waals surface area contributed by atoms with Crippen molar-refractivity contribution in [3.8, 4) is 11.5 Å². The van der Waals surface area contributed by atoms with Gasteiger partial charge in [-0.25, -0.2) is 9.18 Å². The summed E-state index contributed by atoms with van der Waals surface area (Å²) in [6.07, 6.45) is 3.10. The number of benzene rings is 1. The van der Waals surface area contributed by atoms with Gasteiger partial charge in [0.25, 0.3) is 0 Å². The number of carbonyl (C=O) groups is 1. The zero-order chi connectivity index (χ0) is 19.5. The van der Waals surface area contributed by atoms with E-state index in [9.17, 15) is 9.18 Å². The Morgan fingerprint density at radius 1 is 1.25 bits per heavy atom. The van der Waals surface area contributed by atoms with Gasteiger partial charge in [0.1, 0.15) is 11.5 Å². The third-order valence-electron chi connectivity index (χ3n) is 4.64. The molecular formula is C19H17ClFN5O2. The number of likely N-dealkylation sites (tertiary alicyclic amines) is 1. The molecule has 0 spiro atoms. The first-order valence-electron chi connectivity index (χ1n) is 8.86. The van der Waals surface area contributed by atoms with Crippen LogP contribution in [0.4, 0.5) is 14.9 Å². The molecule has 1 aliphatic heterocycles. The second-order valence-electron chi connectivity index (χ2n) is 6.49. The highest BCUT2D eigenvalue weighted by atomic mass is 35.5. The lowest BCUT2D eigenvalue weighted by molar-refractivity contribution is 0.187. The summed E-state index contributed by atoms with van der Waals surface area (Å²) in [4.78, 5) is 22.8. The van der Waals surface area contributed by atoms with Gasteiger partial charge in [0, 0.05) is 30.9 Å². The number of aromatic nitrogens is 3. The monoisotopic (exact) mass is 401 g/mol. The van der Waals surface area contributed by atoms with Gasteiger partial charge in [-0.1, -0.05) is 22.8 Å². The highest BCUT2D eigenvalue weighted by Gasteiger charge is 2.28. The van der Waals surface area contributed by atoms with E-state index >= 15 is 0 Å². The molecule has 3 aromatic rings. The second-order valence-corrected chi connectivity index (χ2v) is 6.90. The van der Waals surface area contributed by atoms with Crippen LogP contribution >= 0.6 is 11.6 Å². The number of nitrogens with zero attached hydrogens (tertiary/aromatic N) is 4. The number of rotatable bonds is 3. The van der Waals surface area contributed by atoms with Gasteiger partial charge in [-0.15, -0.1) is 0 Å². The maximum atomic E-state index is 13.2. The van der Waals surface area contributed by atoms with E-state index in [1.54, 1.807) is 11.1 Å². The Morgan fingerprint density at radius 2 is 2.07 bits per heavy atom.